The van der Waals surface area contributed by atoms with Crippen molar-refractivity contribution in [3.05, 3.63) is 136 Å². The fraction of sp³-hybridized carbons (Fsp3) is 0.103. The van der Waals surface area contributed by atoms with E-state index in [1.54, 1.807) is 0 Å². The van der Waals surface area contributed by atoms with Crippen molar-refractivity contribution in [2.75, 3.05) is 6.54 Å². The number of benzene rings is 3. The predicted molar refractivity (Wildman–Crippen MR) is 134 cm³/mol. The van der Waals surface area contributed by atoms with E-state index in [1.807, 2.05) is 6.07 Å². The quantitative estimate of drug-likeness (QED) is 0.537. The Hall–Kier alpha value is -4.18. The normalized spacial score (nSPS) is 21.7. The van der Waals surface area contributed by atoms with E-state index in [2.05, 4.69) is 113 Å². The molecular weight excluding hydrogens is 404 g/mol. The largest absolute Gasteiger partial charge is 0.680 e. The fourth-order valence-corrected chi connectivity index (χ4v) is 5.20. The van der Waals surface area contributed by atoms with Crippen LogP contribution in [0.2, 0.25) is 0 Å². The standard InChI is InChI=1S/C29H23N4/c1-4-10-25-21(7-1)17-22(18-30-25)19-12-14-20(15-13-19)27-23-8-2-3-9-24(23)28-29(32-27)33-16-6-5-11-26(33)31-28/h1-17,26-27,31-32H,18H2/q-1. The zero-order chi connectivity index (χ0) is 21.8. The van der Waals surface area contributed by atoms with Gasteiger partial charge in [-0.3, -0.25) is 0 Å². The van der Waals surface area contributed by atoms with Crippen LogP contribution in [-0.2, 0) is 0 Å². The van der Waals surface area contributed by atoms with Gasteiger partial charge in [-0.05, 0) is 34.4 Å². The Morgan fingerprint density at radius 1 is 0.848 bits per heavy atom. The summed E-state index contributed by atoms with van der Waals surface area (Å²) in [5, 5.41) is 12.3. The minimum Gasteiger partial charge on any atom is -0.680 e. The van der Waals surface area contributed by atoms with Crippen LogP contribution in [0.4, 0.5) is 5.69 Å². The summed E-state index contributed by atoms with van der Waals surface area (Å²) in [5.41, 5.74) is 9.75. The summed E-state index contributed by atoms with van der Waals surface area (Å²) in [6, 6.07) is 26.1. The highest BCUT2D eigenvalue weighted by Gasteiger charge is 2.37. The van der Waals surface area contributed by atoms with Crippen LogP contribution in [0.3, 0.4) is 0 Å². The zero-order valence-corrected chi connectivity index (χ0v) is 18.1. The summed E-state index contributed by atoms with van der Waals surface area (Å²) >= 11 is 0. The molecule has 0 saturated heterocycles. The molecule has 2 unspecified atom stereocenters. The molecule has 0 aliphatic carbocycles. The SMILES string of the molecule is C1=CC2NC3=C(NC(c4ccc(C5=Cc6ccccc6[N-]C5)cc4)c4ccccc43)N2C=C1. The number of nitrogens with one attached hydrogen (secondary N) is 2. The van der Waals surface area contributed by atoms with Crippen LogP contribution in [0.15, 0.2) is 103 Å². The summed E-state index contributed by atoms with van der Waals surface area (Å²) in [6.45, 7) is 0.721. The van der Waals surface area contributed by atoms with Crippen molar-refractivity contribution in [3.8, 4) is 0 Å². The highest BCUT2D eigenvalue weighted by Crippen LogP contribution is 2.40. The van der Waals surface area contributed by atoms with Crippen LogP contribution in [0.25, 0.3) is 22.7 Å². The molecule has 0 fully saturated rings. The average Bonchev–Trinajstić information content (AvgIpc) is 3.27. The van der Waals surface area contributed by atoms with Gasteiger partial charge >= 0.3 is 0 Å². The molecule has 2 atom stereocenters. The summed E-state index contributed by atoms with van der Waals surface area (Å²) in [7, 11) is 0. The molecule has 3 aromatic rings. The first-order valence-corrected chi connectivity index (χ1v) is 11.4. The molecular formula is C29H23N4-. The second-order valence-corrected chi connectivity index (χ2v) is 8.78. The van der Waals surface area contributed by atoms with Gasteiger partial charge < -0.3 is 20.9 Å². The predicted octanol–water partition coefficient (Wildman–Crippen LogP) is 5.88. The van der Waals surface area contributed by atoms with Crippen molar-refractivity contribution in [2.45, 2.75) is 12.2 Å². The highest BCUT2D eigenvalue weighted by atomic mass is 15.4. The molecule has 4 heterocycles. The molecule has 4 nitrogen and oxygen atoms in total. The molecule has 0 aromatic heterocycles. The Morgan fingerprint density at radius 2 is 1.70 bits per heavy atom. The second kappa shape index (κ2) is 7.17. The molecule has 4 aliphatic rings. The van der Waals surface area contributed by atoms with Gasteiger partial charge in [-0.25, -0.2) is 0 Å². The molecule has 0 saturated carbocycles. The first kappa shape index (κ1) is 18.4. The number of hydrogen-bond donors (Lipinski definition) is 2. The number of allylic oxidation sites excluding steroid dienone is 2. The minimum atomic E-state index is 0.0969. The first-order valence-electron chi connectivity index (χ1n) is 11.4. The number of para-hydroxylation sites is 1. The molecule has 0 bridgehead atoms. The van der Waals surface area contributed by atoms with E-state index in [1.165, 1.54) is 39.1 Å². The lowest BCUT2D eigenvalue weighted by Gasteiger charge is -2.33. The van der Waals surface area contributed by atoms with E-state index < -0.39 is 0 Å². The molecule has 160 valence electrons. The van der Waals surface area contributed by atoms with E-state index in [0.29, 0.717) is 0 Å². The molecule has 3 aromatic carbocycles. The van der Waals surface area contributed by atoms with Crippen LogP contribution in [0.1, 0.15) is 33.9 Å². The smallest absolute Gasteiger partial charge is 0.133 e. The van der Waals surface area contributed by atoms with Crippen LogP contribution in [0, 0.1) is 0 Å². The minimum absolute atomic E-state index is 0.0969. The fourth-order valence-electron chi connectivity index (χ4n) is 5.20. The van der Waals surface area contributed by atoms with Crippen LogP contribution >= 0.6 is 0 Å². The third-order valence-electron chi connectivity index (χ3n) is 6.86. The Balaban J connectivity index is 1.24. The number of rotatable bonds is 2. The number of fused-ring (bicyclic) bond motifs is 5. The summed E-state index contributed by atoms with van der Waals surface area (Å²) in [5.74, 6) is 1.14. The van der Waals surface area contributed by atoms with Crippen molar-refractivity contribution >= 4 is 23.0 Å². The topological polar surface area (TPSA) is 41.4 Å². The van der Waals surface area contributed by atoms with Crippen LogP contribution in [-0.4, -0.2) is 17.6 Å². The maximum Gasteiger partial charge on any atom is 0.133 e. The summed E-state index contributed by atoms with van der Waals surface area (Å²) < 4.78 is 0. The van der Waals surface area contributed by atoms with Gasteiger partial charge in [0.15, 0.2) is 0 Å². The maximum atomic E-state index is 4.76. The van der Waals surface area contributed by atoms with Crippen molar-refractivity contribution in [1.82, 2.24) is 15.5 Å². The maximum absolute atomic E-state index is 4.76. The van der Waals surface area contributed by atoms with Crippen molar-refractivity contribution < 1.29 is 0 Å². The van der Waals surface area contributed by atoms with Crippen molar-refractivity contribution in [2.24, 2.45) is 0 Å². The van der Waals surface area contributed by atoms with Gasteiger partial charge in [-0.2, -0.15) is 0 Å². The van der Waals surface area contributed by atoms with Gasteiger partial charge in [0, 0.05) is 11.8 Å². The molecule has 7 rings (SSSR count). The lowest BCUT2D eigenvalue weighted by Crippen LogP contribution is -2.36. The van der Waals surface area contributed by atoms with Gasteiger partial charge in [0.25, 0.3) is 0 Å². The Bertz CT molecular complexity index is 1380. The zero-order valence-electron chi connectivity index (χ0n) is 18.1. The summed E-state index contributed by atoms with van der Waals surface area (Å²) in [6.07, 6.45) is 10.9. The van der Waals surface area contributed by atoms with Crippen LogP contribution < -0.4 is 10.6 Å². The van der Waals surface area contributed by atoms with Crippen molar-refractivity contribution in [3.63, 3.8) is 0 Å². The Morgan fingerprint density at radius 3 is 2.64 bits per heavy atom. The Kier molecular flexibility index (Phi) is 4.00. The van der Waals surface area contributed by atoms with E-state index in [0.717, 1.165) is 18.1 Å². The number of nitrogens with zero attached hydrogens (tertiary/aromatic N) is 2. The lowest BCUT2D eigenvalue weighted by molar-refractivity contribution is 0.370. The molecule has 0 amide bonds. The van der Waals surface area contributed by atoms with E-state index in [9.17, 15) is 0 Å². The summed E-state index contributed by atoms with van der Waals surface area (Å²) in [4.78, 5) is 2.28. The third-order valence-corrected chi connectivity index (χ3v) is 6.86. The first-order chi connectivity index (χ1) is 16.3. The van der Waals surface area contributed by atoms with Gasteiger partial charge in [-0.15, -0.1) is 12.2 Å². The van der Waals surface area contributed by atoms with E-state index in [4.69, 9.17) is 5.32 Å². The third kappa shape index (κ3) is 2.91. The lowest BCUT2D eigenvalue weighted by atomic mass is 9.89. The van der Waals surface area contributed by atoms with E-state index in [-0.39, 0.29) is 12.2 Å². The van der Waals surface area contributed by atoms with Gasteiger partial charge in [0.05, 0.1) is 11.7 Å². The van der Waals surface area contributed by atoms with E-state index >= 15 is 0 Å². The van der Waals surface area contributed by atoms with Crippen molar-refractivity contribution in [1.29, 1.82) is 0 Å². The molecule has 4 heteroatoms. The second-order valence-electron chi connectivity index (χ2n) is 8.78. The number of hydrogen-bond acceptors (Lipinski definition) is 3. The van der Waals surface area contributed by atoms with Gasteiger partial charge in [-0.1, -0.05) is 90.5 Å². The van der Waals surface area contributed by atoms with Gasteiger partial charge in [0.1, 0.15) is 12.0 Å². The Labute approximate surface area is 193 Å². The monoisotopic (exact) mass is 427 g/mol. The molecule has 33 heavy (non-hydrogen) atoms. The molecule has 0 spiro atoms. The van der Waals surface area contributed by atoms with Crippen LogP contribution in [0.5, 0.6) is 0 Å². The average molecular weight is 428 g/mol. The molecule has 2 N–H and O–H groups in total. The molecule has 4 aliphatic heterocycles. The van der Waals surface area contributed by atoms with Gasteiger partial charge in [0.2, 0.25) is 0 Å². The highest BCUT2D eigenvalue weighted by molar-refractivity contribution is 5.92. The molecule has 0 radical (unpaired) electrons.